The van der Waals surface area contributed by atoms with Gasteiger partial charge in [-0.2, -0.15) is 0 Å². The minimum absolute atomic E-state index is 0.582. The van der Waals surface area contributed by atoms with Crippen LogP contribution in [0, 0.1) is 13.8 Å². The molecule has 0 bridgehead atoms. The highest BCUT2D eigenvalue weighted by atomic mass is 16.5. The van der Waals surface area contributed by atoms with Crippen LogP contribution in [-0.4, -0.2) is 16.7 Å². The molecule has 4 aromatic rings. The first-order valence-corrected chi connectivity index (χ1v) is 10.3. The molecule has 0 atom stereocenters. The summed E-state index contributed by atoms with van der Waals surface area (Å²) >= 11 is 0. The molecule has 0 aliphatic heterocycles. The third-order valence-electron chi connectivity index (χ3n) is 4.91. The fraction of sp³-hybridized carbons (Fsp3) is 0.280. The number of aryl methyl sites for hydroxylation is 4. The van der Waals surface area contributed by atoms with E-state index in [1.54, 1.807) is 0 Å². The Hall–Kier alpha value is -3.34. The van der Waals surface area contributed by atoms with E-state index in [0.717, 1.165) is 58.7 Å². The van der Waals surface area contributed by atoms with Gasteiger partial charge in [0.2, 0.25) is 5.88 Å². The molecule has 0 aliphatic carbocycles. The molecule has 4 rings (SSSR count). The number of benzene rings is 2. The normalized spacial score (nSPS) is 11.0. The molecule has 2 heterocycles. The van der Waals surface area contributed by atoms with Crippen molar-refractivity contribution in [2.24, 2.45) is 0 Å². The van der Waals surface area contributed by atoms with Crippen molar-refractivity contribution >= 4 is 10.9 Å². The summed E-state index contributed by atoms with van der Waals surface area (Å²) in [6.07, 6.45) is 2.75. The van der Waals surface area contributed by atoms with Gasteiger partial charge >= 0.3 is 0 Å². The maximum absolute atomic E-state index is 6.03. The lowest BCUT2D eigenvalue weighted by atomic mass is 10.1. The van der Waals surface area contributed by atoms with Crippen LogP contribution in [0.3, 0.4) is 0 Å². The van der Waals surface area contributed by atoms with Crippen molar-refractivity contribution in [3.63, 3.8) is 0 Å². The molecule has 0 spiro atoms. The zero-order chi connectivity index (χ0) is 20.9. The van der Waals surface area contributed by atoms with Gasteiger partial charge in [-0.25, -0.2) is 4.98 Å². The van der Waals surface area contributed by atoms with E-state index in [2.05, 4.69) is 35.3 Å². The summed E-state index contributed by atoms with van der Waals surface area (Å²) in [5.41, 5.74) is 4.16. The summed E-state index contributed by atoms with van der Waals surface area (Å²) < 4.78 is 16.8. The van der Waals surface area contributed by atoms with Crippen molar-refractivity contribution < 1.29 is 14.0 Å². The second kappa shape index (κ2) is 8.99. The molecule has 0 radical (unpaired) electrons. The summed E-state index contributed by atoms with van der Waals surface area (Å²) in [7, 11) is 0. The molecule has 154 valence electrons. The molecule has 2 aromatic carbocycles. The largest absolute Gasteiger partial charge is 0.494 e. The van der Waals surface area contributed by atoms with Crippen molar-refractivity contribution in [1.29, 1.82) is 0 Å². The van der Waals surface area contributed by atoms with Gasteiger partial charge in [-0.1, -0.05) is 18.1 Å². The molecular weight excluding hydrogens is 376 g/mol. The number of ether oxygens (including phenoxy) is 2. The Morgan fingerprint density at radius 2 is 1.83 bits per heavy atom. The molecule has 0 N–H and O–H groups in total. The minimum atomic E-state index is 0.582. The fourth-order valence-electron chi connectivity index (χ4n) is 3.34. The van der Waals surface area contributed by atoms with Crippen LogP contribution in [0.25, 0.3) is 10.9 Å². The van der Waals surface area contributed by atoms with Crippen molar-refractivity contribution in [2.75, 3.05) is 6.61 Å². The predicted octanol–water partition coefficient (Wildman–Crippen LogP) is 6.21. The topological polar surface area (TPSA) is 57.4 Å². The maximum Gasteiger partial charge on any atom is 0.219 e. The monoisotopic (exact) mass is 402 g/mol. The average molecular weight is 402 g/mol. The Labute approximate surface area is 176 Å². The van der Waals surface area contributed by atoms with E-state index in [0.29, 0.717) is 12.5 Å². The lowest BCUT2D eigenvalue weighted by Crippen LogP contribution is -1.96. The molecule has 0 fully saturated rings. The smallest absolute Gasteiger partial charge is 0.219 e. The number of fused-ring (bicyclic) bond motifs is 1. The van der Waals surface area contributed by atoms with Crippen molar-refractivity contribution in [3.8, 4) is 17.4 Å². The average Bonchev–Trinajstić information content (AvgIpc) is 3.17. The second-order valence-electron chi connectivity index (χ2n) is 7.48. The molecule has 30 heavy (non-hydrogen) atoms. The summed E-state index contributed by atoms with van der Waals surface area (Å²) in [6, 6.07) is 18.1. The van der Waals surface area contributed by atoms with Crippen LogP contribution in [0.15, 0.2) is 59.1 Å². The van der Waals surface area contributed by atoms with Gasteiger partial charge in [0.15, 0.2) is 0 Å². The molecule has 0 saturated carbocycles. The first-order chi connectivity index (χ1) is 14.6. The van der Waals surface area contributed by atoms with Gasteiger partial charge in [0.05, 0.1) is 17.8 Å². The highest BCUT2D eigenvalue weighted by Crippen LogP contribution is 2.28. The first-order valence-electron chi connectivity index (χ1n) is 10.3. The van der Waals surface area contributed by atoms with Crippen LogP contribution in [0.5, 0.6) is 17.4 Å². The van der Waals surface area contributed by atoms with E-state index in [9.17, 15) is 0 Å². The van der Waals surface area contributed by atoms with E-state index >= 15 is 0 Å². The molecule has 2 aromatic heterocycles. The third-order valence-corrected chi connectivity index (χ3v) is 4.91. The van der Waals surface area contributed by atoms with E-state index in [4.69, 9.17) is 14.0 Å². The summed E-state index contributed by atoms with van der Waals surface area (Å²) in [5.74, 6) is 3.07. The zero-order valence-electron chi connectivity index (χ0n) is 17.6. The first kappa shape index (κ1) is 20.0. The maximum atomic E-state index is 6.03. The molecule has 0 saturated heterocycles. The number of pyridine rings is 1. The molecule has 0 amide bonds. The number of nitrogens with zero attached hydrogens (tertiary/aromatic N) is 2. The summed E-state index contributed by atoms with van der Waals surface area (Å²) in [5, 5.41) is 5.15. The lowest BCUT2D eigenvalue weighted by Gasteiger charge is -2.11. The van der Waals surface area contributed by atoms with Crippen molar-refractivity contribution in [1.82, 2.24) is 10.1 Å². The third kappa shape index (κ3) is 4.79. The minimum Gasteiger partial charge on any atom is -0.494 e. The zero-order valence-corrected chi connectivity index (χ0v) is 17.6. The molecular formula is C25H26N2O3. The quantitative estimate of drug-likeness (QED) is 0.351. The Morgan fingerprint density at radius 3 is 2.60 bits per heavy atom. The van der Waals surface area contributed by atoms with E-state index < -0.39 is 0 Å². The molecule has 5 nitrogen and oxygen atoms in total. The van der Waals surface area contributed by atoms with Crippen LogP contribution >= 0.6 is 0 Å². The lowest BCUT2D eigenvalue weighted by molar-refractivity contribution is 0.316. The van der Waals surface area contributed by atoms with Gasteiger partial charge < -0.3 is 14.0 Å². The van der Waals surface area contributed by atoms with Gasteiger partial charge in [0.1, 0.15) is 17.3 Å². The molecule has 0 unspecified atom stereocenters. The number of hydrogen-bond donors (Lipinski definition) is 0. The van der Waals surface area contributed by atoms with E-state index in [-0.39, 0.29) is 0 Å². The molecule has 0 aliphatic rings. The highest BCUT2D eigenvalue weighted by Gasteiger charge is 2.07. The number of hydrogen-bond acceptors (Lipinski definition) is 5. The Morgan fingerprint density at radius 1 is 0.933 bits per heavy atom. The van der Waals surface area contributed by atoms with Crippen LogP contribution in [0.4, 0.5) is 0 Å². The molecule has 5 heteroatoms. The fourth-order valence-corrected chi connectivity index (χ4v) is 3.34. The van der Waals surface area contributed by atoms with Gasteiger partial charge in [-0.15, -0.1) is 0 Å². The highest BCUT2D eigenvalue weighted by molar-refractivity contribution is 5.79. The predicted molar refractivity (Wildman–Crippen MR) is 117 cm³/mol. The van der Waals surface area contributed by atoms with E-state index in [1.165, 1.54) is 5.56 Å². The van der Waals surface area contributed by atoms with Crippen molar-refractivity contribution in [3.05, 3.63) is 77.2 Å². The van der Waals surface area contributed by atoms with Crippen LogP contribution in [0.2, 0.25) is 0 Å². The van der Waals surface area contributed by atoms with Crippen LogP contribution in [-0.2, 0) is 12.8 Å². The van der Waals surface area contributed by atoms with Gasteiger partial charge in [0.25, 0.3) is 0 Å². The van der Waals surface area contributed by atoms with Crippen molar-refractivity contribution in [2.45, 2.75) is 40.0 Å². The summed E-state index contributed by atoms with van der Waals surface area (Å²) in [6.45, 7) is 6.73. The van der Waals surface area contributed by atoms with E-state index in [1.807, 2.05) is 50.2 Å². The number of rotatable bonds is 8. The van der Waals surface area contributed by atoms with Gasteiger partial charge in [-0.3, -0.25) is 0 Å². The summed E-state index contributed by atoms with van der Waals surface area (Å²) in [4.78, 5) is 4.67. The Balaban J connectivity index is 1.45. The standard InChI is InChI=1S/C25H26N2O3/c1-4-13-28-22-9-11-24(17(2)14-22)29-25-12-7-20-16-19(6-10-23(20)26-25)5-8-21-15-18(3)30-27-21/h6-7,9-12,14-16H,4-5,8,13H2,1-3H3. The van der Waals surface area contributed by atoms with Gasteiger partial charge in [0, 0.05) is 17.5 Å². The van der Waals surface area contributed by atoms with Crippen LogP contribution in [0.1, 0.15) is 35.9 Å². The SMILES string of the molecule is CCCOc1ccc(Oc2ccc3cc(CCc4cc(C)on4)ccc3n2)c(C)c1. The van der Waals surface area contributed by atoms with Crippen LogP contribution < -0.4 is 9.47 Å². The number of aromatic nitrogens is 2. The van der Waals surface area contributed by atoms with Gasteiger partial charge in [-0.05, 0) is 80.6 Å². The Kier molecular flexibility index (Phi) is 5.98. The second-order valence-corrected chi connectivity index (χ2v) is 7.48. The Bertz CT molecular complexity index is 1150.